The van der Waals surface area contributed by atoms with Gasteiger partial charge in [0.25, 0.3) is 0 Å². The zero-order valence-electron chi connectivity index (χ0n) is 12.1. The van der Waals surface area contributed by atoms with Crippen LogP contribution in [0.5, 0.6) is 5.75 Å². The Labute approximate surface area is 119 Å². The molecule has 0 radical (unpaired) electrons. The molecule has 0 aliphatic carbocycles. The molecule has 2 nitrogen and oxygen atoms in total. The van der Waals surface area contributed by atoms with Crippen LogP contribution < -0.4 is 10.1 Å². The van der Waals surface area contributed by atoms with Gasteiger partial charge in [-0.25, -0.2) is 4.39 Å². The zero-order valence-corrected chi connectivity index (χ0v) is 12.1. The molecule has 0 fully saturated rings. The van der Waals surface area contributed by atoms with Crippen molar-refractivity contribution in [1.82, 2.24) is 0 Å². The molecule has 1 atom stereocenters. The van der Waals surface area contributed by atoms with Gasteiger partial charge in [-0.1, -0.05) is 18.2 Å². The first-order valence-corrected chi connectivity index (χ1v) is 6.74. The maximum Gasteiger partial charge on any atom is 0.126 e. The van der Waals surface area contributed by atoms with Gasteiger partial charge in [0.2, 0.25) is 0 Å². The van der Waals surface area contributed by atoms with E-state index in [9.17, 15) is 4.39 Å². The summed E-state index contributed by atoms with van der Waals surface area (Å²) in [5, 5.41) is 3.39. The van der Waals surface area contributed by atoms with Gasteiger partial charge in [-0.05, 0) is 55.7 Å². The highest BCUT2D eigenvalue weighted by Crippen LogP contribution is 2.22. The number of aryl methyl sites for hydroxylation is 1. The molecule has 2 aromatic carbocycles. The zero-order chi connectivity index (χ0) is 14.5. The number of hydrogen-bond acceptors (Lipinski definition) is 2. The van der Waals surface area contributed by atoms with Gasteiger partial charge < -0.3 is 10.1 Å². The van der Waals surface area contributed by atoms with Gasteiger partial charge in [-0.3, -0.25) is 0 Å². The van der Waals surface area contributed by atoms with Crippen LogP contribution in [0.1, 0.15) is 18.1 Å². The summed E-state index contributed by atoms with van der Waals surface area (Å²) in [7, 11) is 1.66. The molecule has 0 saturated carbocycles. The molecule has 20 heavy (non-hydrogen) atoms. The van der Waals surface area contributed by atoms with Crippen molar-refractivity contribution in [3.8, 4) is 5.75 Å². The average molecular weight is 273 g/mol. The minimum Gasteiger partial charge on any atom is -0.496 e. The summed E-state index contributed by atoms with van der Waals surface area (Å²) in [4.78, 5) is 0. The van der Waals surface area contributed by atoms with Crippen LogP contribution in [0.25, 0.3) is 0 Å². The lowest BCUT2D eigenvalue weighted by molar-refractivity contribution is 0.412. The molecule has 0 aliphatic heterocycles. The van der Waals surface area contributed by atoms with Gasteiger partial charge in [-0.15, -0.1) is 0 Å². The van der Waals surface area contributed by atoms with E-state index in [-0.39, 0.29) is 11.9 Å². The van der Waals surface area contributed by atoms with E-state index in [1.54, 1.807) is 13.2 Å². The number of halogens is 1. The molecule has 1 unspecified atom stereocenters. The molecule has 106 valence electrons. The van der Waals surface area contributed by atoms with Crippen LogP contribution in [0.3, 0.4) is 0 Å². The van der Waals surface area contributed by atoms with Crippen molar-refractivity contribution >= 4 is 5.69 Å². The lowest BCUT2D eigenvalue weighted by Crippen LogP contribution is -2.18. The molecule has 0 amide bonds. The van der Waals surface area contributed by atoms with Gasteiger partial charge in [-0.2, -0.15) is 0 Å². The molecule has 0 bridgehead atoms. The fourth-order valence-electron chi connectivity index (χ4n) is 2.30. The van der Waals surface area contributed by atoms with Gasteiger partial charge in [0, 0.05) is 11.7 Å². The lowest BCUT2D eigenvalue weighted by atomic mass is 10.1. The van der Waals surface area contributed by atoms with E-state index in [4.69, 9.17) is 4.74 Å². The van der Waals surface area contributed by atoms with E-state index in [1.807, 2.05) is 44.2 Å². The molecule has 0 aromatic heterocycles. The summed E-state index contributed by atoms with van der Waals surface area (Å²) in [6, 6.07) is 13.0. The molecule has 0 spiro atoms. The van der Waals surface area contributed by atoms with Gasteiger partial charge >= 0.3 is 0 Å². The largest absolute Gasteiger partial charge is 0.496 e. The Balaban J connectivity index is 2.03. The predicted molar refractivity (Wildman–Crippen MR) is 80.9 cm³/mol. The van der Waals surface area contributed by atoms with E-state index in [0.717, 1.165) is 22.6 Å². The Hall–Kier alpha value is -2.03. The van der Waals surface area contributed by atoms with Crippen LogP contribution in [0.2, 0.25) is 0 Å². The number of benzene rings is 2. The number of hydrogen-bond donors (Lipinski definition) is 1. The maximum atomic E-state index is 13.6. The SMILES string of the molecule is COc1ccc(NC(C)Cc2ccccc2F)cc1C. The first-order chi connectivity index (χ1) is 9.60. The Kier molecular flexibility index (Phi) is 4.61. The van der Waals surface area contributed by atoms with E-state index in [1.165, 1.54) is 6.07 Å². The maximum absolute atomic E-state index is 13.6. The standard InChI is InChI=1S/C17H20FNO/c1-12-10-15(8-9-17(12)20-3)19-13(2)11-14-6-4-5-7-16(14)18/h4-10,13,19H,11H2,1-3H3. The van der Waals surface area contributed by atoms with Crippen molar-refractivity contribution in [2.75, 3.05) is 12.4 Å². The highest BCUT2D eigenvalue weighted by molar-refractivity contribution is 5.51. The monoisotopic (exact) mass is 273 g/mol. The second kappa shape index (κ2) is 6.42. The van der Waals surface area contributed by atoms with Crippen molar-refractivity contribution < 1.29 is 9.13 Å². The summed E-state index contributed by atoms with van der Waals surface area (Å²) in [6.07, 6.45) is 0.651. The number of nitrogens with one attached hydrogen (secondary N) is 1. The van der Waals surface area contributed by atoms with E-state index in [0.29, 0.717) is 6.42 Å². The highest BCUT2D eigenvalue weighted by Gasteiger charge is 2.08. The predicted octanol–water partition coefficient (Wildman–Crippen LogP) is 4.19. The molecule has 2 rings (SSSR count). The van der Waals surface area contributed by atoms with Crippen LogP contribution in [0, 0.1) is 12.7 Å². The lowest BCUT2D eigenvalue weighted by Gasteiger charge is -2.17. The molecule has 1 N–H and O–H groups in total. The number of methoxy groups -OCH3 is 1. The fraction of sp³-hybridized carbons (Fsp3) is 0.294. The summed E-state index contributed by atoms with van der Waals surface area (Å²) < 4.78 is 18.8. The molecular formula is C17H20FNO. The second-order valence-corrected chi connectivity index (χ2v) is 5.03. The van der Waals surface area contributed by atoms with Crippen LogP contribution in [0.15, 0.2) is 42.5 Å². The van der Waals surface area contributed by atoms with Crippen molar-refractivity contribution in [1.29, 1.82) is 0 Å². The number of anilines is 1. The normalized spacial score (nSPS) is 12.0. The summed E-state index contributed by atoms with van der Waals surface area (Å²) in [6.45, 7) is 4.05. The second-order valence-electron chi connectivity index (χ2n) is 5.03. The molecule has 2 aromatic rings. The van der Waals surface area contributed by atoms with Crippen LogP contribution in [-0.2, 0) is 6.42 Å². The third-order valence-electron chi connectivity index (χ3n) is 3.29. The Morgan fingerprint density at radius 3 is 2.60 bits per heavy atom. The van der Waals surface area contributed by atoms with Crippen LogP contribution >= 0.6 is 0 Å². The first-order valence-electron chi connectivity index (χ1n) is 6.74. The third kappa shape index (κ3) is 3.50. The Morgan fingerprint density at radius 2 is 1.95 bits per heavy atom. The minimum absolute atomic E-state index is 0.146. The van der Waals surface area contributed by atoms with E-state index < -0.39 is 0 Å². The first kappa shape index (κ1) is 14.4. The summed E-state index contributed by atoms with van der Waals surface area (Å²) >= 11 is 0. The van der Waals surface area contributed by atoms with Crippen molar-refractivity contribution in [2.24, 2.45) is 0 Å². The smallest absolute Gasteiger partial charge is 0.126 e. The molecular weight excluding hydrogens is 253 g/mol. The third-order valence-corrected chi connectivity index (χ3v) is 3.29. The molecule has 0 heterocycles. The molecule has 0 saturated heterocycles. The quantitative estimate of drug-likeness (QED) is 0.882. The van der Waals surface area contributed by atoms with Gasteiger partial charge in [0.1, 0.15) is 11.6 Å². The van der Waals surface area contributed by atoms with Crippen molar-refractivity contribution in [3.05, 3.63) is 59.4 Å². The Morgan fingerprint density at radius 1 is 1.20 bits per heavy atom. The van der Waals surface area contributed by atoms with E-state index in [2.05, 4.69) is 5.32 Å². The Bertz CT molecular complexity index is 583. The fourth-order valence-corrected chi connectivity index (χ4v) is 2.30. The average Bonchev–Trinajstić information content (AvgIpc) is 2.41. The minimum atomic E-state index is -0.146. The van der Waals surface area contributed by atoms with Crippen LogP contribution in [0.4, 0.5) is 10.1 Å². The summed E-state index contributed by atoms with van der Waals surface area (Å²) in [5.74, 6) is 0.726. The van der Waals surface area contributed by atoms with Crippen molar-refractivity contribution in [2.45, 2.75) is 26.3 Å². The van der Waals surface area contributed by atoms with Crippen molar-refractivity contribution in [3.63, 3.8) is 0 Å². The van der Waals surface area contributed by atoms with Gasteiger partial charge in [0.15, 0.2) is 0 Å². The number of ether oxygens (including phenoxy) is 1. The number of rotatable bonds is 5. The van der Waals surface area contributed by atoms with Crippen LogP contribution in [-0.4, -0.2) is 13.2 Å². The molecule has 0 aliphatic rings. The summed E-state index contributed by atoms with van der Waals surface area (Å²) in [5.41, 5.74) is 2.83. The molecule has 3 heteroatoms. The van der Waals surface area contributed by atoms with E-state index >= 15 is 0 Å². The van der Waals surface area contributed by atoms with Gasteiger partial charge in [0.05, 0.1) is 7.11 Å². The topological polar surface area (TPSA) is 21.3 Å². The highest BCUT2D eigenvalue weighted by atomic mass is 19.1.